The third kappa shape index (κ3) is 3.41. The molecule has 1 saturated heterocycles. The van der Waals surface area contributed by atoms with E-state index in [-0.39, 0.29) is 0 Å². The van der Waals surface area contributed by atoms with Gasteiger partial charge in [0.2, 0.25) is 0 Å². The average molecular weight is 236 g/mol. The molecular weight excluding hydrogens is 216 g/mol. The molecule has 0 bridgehead atoms. The first kappa shape index (κ1) is 12.3. The van der Waals surface area contributed by atoms with E-state index in [2.05, 4.69) is 16.9 Å². The lowest BCUT2D eigenvalue weighted by Gasteiger charge is -2.19. The Morgan fingerprint density at radius 1 is 1.47 bits per heavy atom. The fourth-order valence-electron chi connectivity index (χ4n) is 2.37. The van der Waals surface area contributed by atoms with Crippen molar-refractivity contribution >= 4 is 0 Å². The van der Waals surface area contributed by atoms with Crippen molar-refractivity contribution in [3.8, 4) is 5.75 Å². The molecule has 4 nitrogen and oxygen atoms in total. The lowest BCUT2D eigenvalue weighted by Crippen LogP contribution is -2.30. The second-order valence-corrected chi connectivity index (χ2v) is 4.65. The van der Waals surface area contributed by atoms with Gasteiger partial charge in [-0.3, -0.25) is 9.88 Å². The van der Waals surface area contributed by atoms with Crippen LogP contribution in [0.2, 0.25) is 0 Å². The van der Waals surface area contributed by atoms with E-state index < -0.39 is 0 Å². The topological polar surface area (TPSA) is 34.6 Å². The zero-order chi connectivity index (χ0) is 12.1. The van der Waals surface area contributed by atoms with Crippen LogP contribution in [0.4, 0.5) is 0 Å². The number of ether oxygens (including phenoxy) is 2. The Labute approximate surface area is 103 Å². The normalized spacial score (nSPS) is 25.1. The van der Waals surface area contributed by atoms with E-state index in [4.69, 9.17) is 9.47 Å². The van der Waals surface area contributed by atoms with Crippen LogP contribution in [0.5, 0.6) is 5.75 Å². The first-order chi connectivity index (χ1) is 8.29. The van der Waals surface area contributed by atoms with Gasteiger partial charge in [-0.25, -0.2) is 0 Å². The third-order valence-corrected chi connectivity index (χ3v) is 3.25. The zero-order valence-electron chi connectivity index (χ0n) is 10.5. The second-order valence-electron chi connectivity index (χ2n) is 4.65. The molecule has 0 saturated carbocycles. The molecule has 2 rings (SSSR count). The van der Waals surface area contributed by atoms with Gasteiger partial charge in [-0.15, -0.1) is 0 Å². The molecule has 2 heterocycles. The predicted molar refractivity (Wildman–Crippen MR) is 66.1 cm³/mol. The smallest absolute Gasteiger partial charge is 0.137 e. The number of likely N-dealkylation sites (N-methyl/N-ethyl adjacent to an activating group) is 1. The molecule has 17 heavy (non-hydrogen) atoms. The summed E-state index contributed by atoms with van der Waals surface area (Å²) >= 11 is 0. The molecule has 2 unspecified atom stereocenters. The molecule has 0 aliphatic carbocycles. The minimum Gasteiger partial charge on any atom is -0.490 e. The molecule has 0 aromatic carbocycles. The number of methoxy groups -OCH3 is 1. The highest BCUT2D eigenvalue weighted by molar-refractivity contribution is 5.15. The summed E-state index contributed by atoms with van der Waals surface area (Å²) in [5.41, 5.74) is 0. The summed E-state index contributed by atoms with van der Waals surface area (Å²) in [5.74, 6) is 1.48. The molecule has 1 aromatic rings. The van der Waals surface area contributed by atoms with Gasteiger partial charge in [0.05, 0.1) is 12.8 Å². The zero-order valence-corrected chi connectivity index (χ0v) is 10.5. The molecule has 0 N–H and O–H groups in total. The summed E-state index contributed by atoms with van der Waals surface area (Å²) in [4.78, 5) is 6.38. The van der Waals surface area contributed by atoms with Crippen molar-refractivity contribution in [3.63, 3.8) is 0 Å². The van der Waals surface area contributed by atoms with E-state index in [1.165, 1.54) is 0 Å². The Bertz CT molecular complexity index is 331. The van der Waals surface area contributed by atoms with Gasteiger partial charge in [0.1, 0.15) is 12.4 Å². The fraction of sp³-hybridized carbons (Fsp3) is 0.615. The summed E-state index contributed by atoms with van der Waals surface area (Å²) in [6.45, 7) is 2.66. The molecule has 1 aliphatic heterocycles. The number of likely N-dealkylation sites (tertiary alicyclic amines) is 1. The van der Waals surface area contributed by atoms with Crippen molar-refractivity contribution in [2.75, 3.05) is 33.9 Å². The molecule has 4 heteroatoms. The number of nitrogens with zero attached hydrogens (tertiary/aromatic N) is 2. The summed E-state index contributed by atoms with van der Waals surface area (Å²) in [6.07, 6.45) is 4.65. The fourth-order valence-corrected chi connectivity index (χ4v) is 2.37. The lowest BCUT2D eigenvalue weighted by molar-refractivity contribution is 0.155. The van der Waals surface area contributed by atoms with Gasteiger partial charge in [0.15, 0.2) is 0 Å². The Hall–Kier alpha value is -1.13. The van der Waals surface area contributed by atoms with Crippen LogP contribution in [0.3, 0.4) is 0 Å². The molecule has 94 valence electrons. The summed E-state index contributed by atoms with van der Waals surface area (Å²) in [7, 11) is 3.91. The molecule has 1 aromatic heterocycles. The van der Waals surface area contributed by atoms with Crippen molar-refractivity contribution in [2.24, 2.45) is 5.92 Å². The van der Waals surface area contributed by atoms with E-state index >= 15 is 0 Å². The van der Waals surface area contributed by atoms with E-state index in [0.29, 0.717) is 12.0 Å². The number of hydrogen-bond donors (Lipinski definition) is 0. The SMILES string of the molecule is COCC1CC(COc2cccnc2)N(C)C1. The van der Waals surface area contributed by atoms with Crippen LogP contribution in [0.25, 0.3) is 0 Å². The molecule has 0 amide bonds. The van der Waals surface area contributed by atoms with Crippen LogP contribution in [0.15, 0.2) is 24.5 Å². The first-order valence-corrected chi connectivity index (χ1v) is 6.01. The van der Waals surface area contributed by atoms with Gasteiger partial charge in [0, 0.05) is 25.9 Å². The maximum Gasteiger partial charge on any atom is 0.137 e. The second kappa shape index (κ2) is 5.98. The van der Waals surface area contributed by atoms with Crippen LogP contribution in [-0.4, -0.2) is 49.8 Å². The van der Waals surface area contributed by atoms with Gasteiger partial charge in [-0.2, -0.15) is 0 Å². The minimum absolute atomic E-state index is 0.482. The monoisotopic (exact) mass is 236 g/mol. The van der Waals surface area contributed by atoms with Crippen molar-refractivity contribution in [1.29, 1.82) is 0 Å². The molecule has 1 fully saturated rings. The number of hydrogen-bond acceptors (Lipinski definition) is 4. The minimum atomic E-state index is 0.482. The highest BCUT2D eigenvalue weighted by Crippen LogP contribution is 2.22. The van der Waals surface area contributed by atoms with E-state index in [9.17, 15) is 0 Å². The Morgan fingerprint density at radius 3 is 3.06 bits per heavy atom. The van der Waals surface area contributed by atoms with E-state index in [1.54, 1.807) is 19.5 Å². The average Bonchev–Trinajstić information content (AvgIpc) is 2.69. The summed E-state index contributed by atoms with van der Waals surface area (Å²) < 4.78 is 10.9. The van der Waals surface area contributed by atoms with Gasteiger partial charge in [0.25, 0.3) is 0 Å². The number of rotatable bonds is 5. The van der Waals surface area contributed by atoms with Crippen LogP contribution in [0, 0.1) is 5.92 Å². The molecule has 0 radical (unpaired) electrons. The van der Waals surface area contributed by atoms with Gasteiger partial charge in [-0.1, -0.05) is 0 Å². The Kier molecular flexibility index (Phi) is 4.34. The standard InChI is InChI=1S/C13H20N2O2/c1-15-8-11(9-16-2)6-12(15)10-17-13-4-3-5-14-7-13/h3-5,7,11-12H,6,8-10H2,1-2H3. The quantitative estimate of drug-likeness (QED) is 0.774. The van der Waals surface area contributed by atoms with Crippen molar-refractivity contribution in [1.82, 2.24) is 9.88 Å². The van der Waals surface area contributed by atoms with E-state index in [0.717, 1.165) is 31.9 Å². The highest BCUT2D eigenvalue weighted by atomic mass is 16.5. The van der Waals surface area contributed by atoms with Gasteiger partial charge < -0.3 is 9.47 Å². The van der Waals surface area contributed by atoms with Crippen LogP contribution in [-0.2, 0) is 4.74 Å². The van der Waals surface area contributed by atoms with Crippen molar-refractivity contribution in [2.45, 2.75) is 12.5 Å². The Morgan fingerprint density at radius 2 is 2.35 bits per heavy atom. The summed E-state index contributed by atoms with van der Waals surface area (Å²) in [6, 6.07) is 4.31. The lowest BCUT2D eigenvalue weighted by atomic mass is 10.1. The van der Waals surface area contributed by atoms with Crippen LogP contribution >= 0.6 is 0 Å². The molecule has 0 spiro atoms. The molecular formula is C13H20N2O2. The largest absolute Gasteiger partial charge is 0.490 e. The van der Waals surface area contributed by atoms with Gasteiger partial charge in [-0.05, 0) is 31.5 Å². The molecule has 1 aliphatic rings. The first-order valence-electron chi connectivity index (χ1n) is 6.01. The number of pyridine rings is 1. The van der Waals surface area contributed by atoms with E-state index in [1.807, 2.05) is 12.1 Å². The number of aromatic nitrogens is 1. The van der Waals surface area contributed by atoms with Crippen LogP contribution in [0.1, 0.15) is 6.42 Å². The van der Waals surface area contributed by atoms with Crippen molar-refractivity contribution in [3.05, 3.63) is 24.5 Å². The Balaban J connectivity index is 1.80. The predicted octanol–water partition coefficient (Wildman–Crippen LogP) is 1.43. The summed E-state index contributed by atoms with van der Waals surface area (Å²) in [5, 5.41) is 0. The highest BCUT2D eigenvalue weighted by Gasteiger charge is 2.29. The van der Waals surface area contributed by atoms with Gasteiger partial charge >= 0.3 is 0 Å². The maximum atomic E-state index is 5.74. The molecule has 2 atom stereocenters. The van der Waals surface area contributed by atoms with Crippen LogP contribution < -0.4 is 4.74 Å². The van der Waals surface area contributed by atoms with Crippen molar-refractivity contribution < 1.29 is 9.47 Å². The maximum absolute atomic E-state index is 5.74. The third-order valence-electron chi connectivity index (χ3n) is 3.25.